The van der Waals surface area contributed by atoms with Crippen LogP contribution in [-0.2, 0) is 10.0 Å². The number of halogens is 1. The van der Waals surface area contributed by atoms with Crippen molar-refractivity contribution in [3.63, 3.8) is 0 Å². The molecule has 0 aliphatic rings. The van der Waals surface area contributed by atoms with E-state index in [0.29, 0.717) is 17.3 Å². The normalized spacial score (nSPS) is 13.5. The van der Waals surface area contributed by atoms with E-state index >= 15 is 0 Å². The summed E-state index contributed by atoms with van der Waals surface area (Å²) in [6, 6.07) is 7.29. The first-order chi connectivity index (χ1) is 9.46. The average molecular weight is 335 g/mol. The molecule has 0 fully saturated rings. The molecule has 0 amide bonds. The standard InChI is InChI=1S/C12H15ClN2O3S2/c13-11-5-4-10(19-11)12(9-3-1-7-18-9)15-6-2-8-20(14,16)17/h1,3-5,7,12,15H,2,6,8H2,(H2,14,16,17). The van der Waals surface area contributed by atoms with Gasteiger partial charge in [0.2, 0.25) is 10.0 Å². The Labute approximate surface area is 126 Å². The molecule has 0 spiro atoms. The van der Waals surface area contributed by atoms with Crippen LogP contribution >= 0.6 is 22.9 Å². The topological polar surface area (TPSA) is 85.3 Å². The number of furan rings is 1. The second kappa shape index (κ2) is 6.73. The maximum Gasteiger partial charge on any atom is 0.209 e. The van der Waals surface area contributed by atoms with Crippen molar-refractivity contribution in [1.29, 1.82) is 0 Å². The maximum absolute atomic E-state index is 10.9. The third kappa shape index (κ3) is 4.60. The first kappa shape index (κ1) is 15.5. The molecule has 110 valence electrons. The molecule has 2 aromatic rings. The van der Waals surface area contributed by atoms with E-state index in [1.807, 2.05) is 24.3 Å². The first-order valence-electron chi connectivity index (χ1n) is 5.98. The van der Waals surface area contributed by atoms with Crippen LogP contribution < -0.4 is 10.5 Å². The molecule has 2 heterocycles. The Hall–Kier alpha value is -0.860. The van der Waals surface area contributed by atoms with Gasteiger partial charge in [0, 0.05) is 4.88 Å². The molecular formula is C12H15ClN2O3S2. The zero-order valence-electron chi connectivity index (χ0n) is 10.6. The number of hydrogen-bond acceptors (Lipinski definition) is 5. The van der Waals surface area contributed by atoms with E-state index in [0.717, 1.165) is 10.6 Å². The number of thiophene rings is 1. The van der Waals surface area contributed by atoms with Gasteiger partial charge >= 0.3 is 0 Å². The fourth-order valence-corrected chi connectivity index (χ4v) is 3.49. The van der Waals surface area contributed by atoms with E-state index in [1.54, 1.807) is 6.26 Å². The number of hydrogen-bond donors (Lipinski definition) is 2. The average Bonchev–Trinajstić information content (AvgIpc) is 2.99. The van der Waals surface area contributed by atoms with E-state index in [-0.39, 0.29) is 11.8 Å². The van der Waals surface area contributed by atoms with E-state index in [9.17, 15) is 8.42 Å². The van der Waals surface area contributed by atoms with E-state index < -0.39 is 10.0 Å². The van der Waals surface area contributed by atoms with Crippen molar-refractivity contribution < 1.29 is 12.8 Å². The third-order valence-electron chi connectivity index (χ3n) is 2.66. The smallest absolute Gasteiger partial charge is 0.209 e. The minimum atomic E-state index is -3.42. The molecular weight excluding hydrogens is 320 g/mol. The largest absolute Gasteiger partial charge is 0.467 e. The van der Waals surface area contributed by atoms with Gasteiger partial charge in [-0.3, -0.25) is 0 Å². The number of nitrogens with two attached hydrogens (primary N) is 1. The van der Waals surface area contributed by atoms with Gasteiger partial charge in [-0.05, 0) is 37.2 Å². The van der Waals surface area contributed by atoms with Gasteiger partial charge in [0.05, 0.1) is 16.4 Å². The number of primary sulfonamides is 1. The molecule has 3 N–H and O–H groups in total. The predicted octanol–water partition coefficient (Wildman–Crippen LogP) is 2.35. The summed E-state index contributed by atoms with van der Waals surface area (Å²) in [5.74, 6) is 0.718. The summed E-state index contributed by atoms with van der Waals surface area (Å²) in [5.41, 5.74) is 0. The van der Waals surface area contributed by atoms with Gasteiger partial charge in [-0.1, -0.05) is 11.6 Å². The molecule has 0 aromatic carbocycles. The molecule has 2 aromatic heterocycles. The molecule has 2 rings (SSSR count). The second-order valence-corrected chi connectivity index (χ2v) is 7.75. The summed E-state index contributed by atoms with van der Waals surface area (Å²) in [5, 5.41) is 8.23. The molecule has 20 heavy (non-hydrogen) atoms. The quantitative estimate of drug-likeness (QED) is 0.761. The lowest BCUT2D eigenvalue weighted by Crippen LogP contribution is -2.25. The van der Waals surface area contributed by atoms with Crippen LogP contribution in [0.2, 0.25) is 4.34 Å². The van der Waals surface area contributed by atoms with E-state index in [1.165, 1.54) is 11.3 Å². The third-order valence-corrected chi connectivity index (χ3v) is 4.81. The molecule has 0 bridgehead atoms. The molecule has 8 heteroatoms. The molecule has 0 saturated heterocycles. The number of nitrogens with one attached hydrogen (secondary N) is 1. The zero-order chi connectivity index (χ0) is 14.6. The van der Waals surface area contributed by atoms with Crippen LogP contribution in [0.25, 0.3) is 0 Å². The Bertz CT molecular complexity index is 637. The fourth-order valence-electron chi connectivity index (χ4n) is 1.80. The van der Waals surface area contributed by atoms with Crippen LogP contribution in [0.4, 0.5) is 0 Å². The molecule has 1 unspecified atom stereocenters. The van der Waals surface area contributed by atoms with Gasteiger partial charge in [0.25, 0.3) is 0 Å². The lowest BCUT2D eigenvalue weighted by atomic mass is 10.2. The molecule has 0 radical (unpaired) electrons. The van der Waals surface area contributed by atoms with E-state index in [2.05, 4.69) is 5.32 Å². The Balaban J connectivity index is 2.01. The van der Waals surface area contributed by atoms with Crippen molar-refractivity contribution in [3.05, 3.63) is 45.5 Å². The minimum Gasteiger partial charge on any atom is -0.467 e. The second-order valence-electron chi connectivity index (χ2n) is 4.26. The summed E-state index contributed by atoms with van der Waals surface area (Å²) >= 11 is 7.41. The van der Waals surface area contributed by atoms with Gasteiger partial charge in [0.15, 0.2) is 0 Å². The summed E-state index contributed by atoms with van der Waals surface area (Å²) < 4.78 is 27.9. The highest BCUT2D eigenvalue weighted by Crippen LogP contribution is 2.31. The Morgan fingerprint density at radius 1 is 1.40 bits per heavy atom. The zero-order valence-corrected chi connectivity index (χ0v) is 13.0. The van der Waals surface area contributed by atoms with Crippen LogP contribution in [0.1, 0.15) is 23.1 Å². The summed E-state index contributed by atoms with van der Waals surface area (Å²) in [6.07, 6.45) is 2.04. The number of rotatable bonds is 7. The van der Waals surface area contributed by atoms with Gasteiger partial charge in [-0.2, -0.15) is 0 Å². The summed E-state index contributed by atoms with van der Waals surface area (Å²) in [7, 11) is -3.42. The van der Waals surface area contributed by atoms with Crippen molar-refractivity contribution in [3.8, 4) is 0 Å². The first-order valence-corrected chi connectivity index (χ1v) is 8.89. The number of sulfonamides is 1. The van der Waals surface area contributed by atoms with Gasteiger partial charge in [0.1, 0.15) is 11.8 Å². The molecule has 5 nitrogen and oxygen atoms in total. The summed E-state index contributed by atoms with van der Waals surface area (Å²) in [4.78, 5) is 1.01. The highest BCUT2D eigenvalue weighted by Gasteiger charge is 2.18. The van der Waals surface area contributed by atoms with Crippen LogP contribution in [0.15, 0.2) is 34.9 Å². The fraction of sp³-hybridized carbons (Fsp3) is 0.333. The van der Waals surface area contributed by atoms with Crippen LogP contribution in [-0.4, -0.2) is 20.7 Å². The molecule has 0 aliphatic heterocycles. The SMILES string of the molecule is NS(=O)(=O)CCCNC(c1ccco1)c1ccc(Cl)s1. The highest BCUT2D eigenvalue weighted by molar-refractivity contribution is 7.89. The van der Waals surface area contributed by atoms with Gasteiger partial charge in [-0.15, -0.1) is 11.3 Å². The Morgan fingerprint density at radius 2 is 2.20 bits per heavy atom. The van der Waals surface area contributed by atoms with Crippen molar-refractivity contribution in [1.82, 2.24) is 5.32 Å². The molecule has 0 aliphatic carbocycles. The molecule has 1 atom stereocenters. The van der Waals surface area contributed by atoms with E-state index in [4.69, 9.17) is 21.2 Å². The Kier molecular flexibility index (Phi) is 5.22. The van der Waals surface area contributed by atoms with Crippen LogP contribution in [0.3, 0.4) is 0 Å². The monoisotopic (exact) mass is 334 g/mol. The minimum absolute atomic E-state index is 0.0456. The van der Waals surface area contributed by atoms with Crippen molar-refractivity contribution in [2.24, 2.45) is 5.14 Å². The van der Waals surface area contributed by atoms with Crippen LogP contribution in [0.5, 0.6) is 0 Å². The van der Waals surface area contributed by atoms with Crippen molar-refractivity contribution in [2.45, 2.75) is 12.5 Å². The lowest BCUT2D eigenvalue weighted by molar-refractivity contribution is 0.450. The maximum atomic E-state index is 10.9. The predicted molar refractivity (Wildman–Crippen MR) is 80.5 cm³/mol. The van der Waals surface area contributed by atoms with Gasteiger partial charge < -0.3 is 9.73 Å². The van der Waals surface area contributed by atoms with Crippen molar-refractivity contribution in [2.75, 3.05) is 12.3 Å². The summed E-state index contributed by atoms with van der Waals surface area (Å²) in [6.45, 7) is 0.511. The van der Waals surface area contributed by atoms with Gasteiger partial charge in [-0.25, -0.2) is 13.6 Å². The highest BCUT2D eigenvalue weighted by atomic mass is 35.5. The lowest BCUT2D eigenvalue weighted by Gasteiger charge is -2.14. The van der Waals surface area contributed by atoms with Crippen molar-refractivity contribution >= 4 is 33.0 Å². The van der Waals surface area contributed by atoms with Crippen LogP contribution in [0, 0.1) is 0 Å². The molecule has 0 saturated carbocycles. The Morgan fingerprint density at radius 3 is 2.75 bits per heavy atom.